The third kappa shape index (κ3) is 2.65. The molecule has 1 aromatic heterocycles. The Morgan fingerprint density at radius 1 is 1.12 bits per heavy atom. The van der Waals surface area contributed by atoms with Crippen molar-refractivity contribution in [1.29, 1.82) is 0 Å². The zero-order valence-electron chi connectivity index (χ0n) is 13.1. The quantitative estimate of drug-likeness (QED) is 0.766. The summed E-state index contributed by atoms with van der Waals surface area (Å²) in [5, 5.41) is 17.8. The molecule has 0 unspecified atom stereocenters. The number of hydrogen-bond donors (Lipinski definition) is 1. The number of benzene rings is 2. The van der Waals surface area contributed by atoms with Crippen LogP contribution in [-0.2, 0) is 13.2 Å². The van der Waals surface area contributed by atoms with Crippen LogP contribution in [0.1, 0.15) is 22.6 Å². The Morgan fingerprint density at radius 2 is 1.92 bits per heavy atom. The van der Waals surface area contributed by atoms with Crippen LogP contribution in [0.5, 0.6) is 0 Å². The van der Waals surface area contributed by atoms with E-state index in [9.17, 15) is 9.90 Å². The van der Waals surface area contributed by atoms with E-state index in [0.717, 1.165) is 16.8 Å². The first-order valence-electron chi connectivity index (χ1n) is 7.67. The summed E-state index contributed by atoms with van der Waals surface area (Å²) in [5.74, 6) is 0.414. The molecule has 7 heteroatoms. The molecule has 25 heavy (non-hydrogen) atoms. The molecular weight excluding hydrogens is 340 g/mol. The fraction of sp³-hybridized carbons (Fsp3) is 0.111. The Hall–Kier alpha value is -2.83. The van der Waals surface area contributed by atoms with Gasteiger partial charge in [-0.15, -0.1) is 10.2 Å². The van der Waals surface area contributed by atoms with Crippen molar-refractivity contribution in [2.45, 2.75) is 13.2 Å². The summed E-state index contributed by atoms with van der Waals surface area (Å²) in [5.41, 5.74) is 2.59. The van der Waals surface area contributed by atoms with E-state index in [4.69, 9.17) is 11.6 Å². The molecule has 2 heterocycles. The van der Waals surface area contributed by atoms with Gasteiger partial charge in [-0.05, 0) is 18.2 Å². The van der Waals surface area contributed by atoms with E-state index in [1.807, 2.05) is 30.3 Å². The van der Waals surface area contributed by atoms with E-state index in [1.165, 1.54) is 4.57 Å². The molecule has 3 aromatic rings. The molecule has 0 fully saturated rings. The topological polar surface area (TPSA) is 80.4 Å². The number of aliphatic hydroxyl groups excluding tert-OH is 1. The van der Waals surface area contributed by atoms with Crippen LogP contribution in [0.15, 0.2) is 58.3 Å². The first-order chi connectivity index (χ1) is 12.2. The van der Waals surface area contributed by atoms with E-state index in [0.29, 0.717) is 16.5 Å². The number of aliphatic hydroxyl groups is 1. The average molecular weight is 353 g/mol. The minimum atomic E-state index is -0.471. The highest BCUT2D eigenvalue weighted by molar-refractivity contribution is 6.31. The van der Waals surface area contributed by atoms with Gasteiger partial charge < -0.3 is 5.11 Å². The lowest BCUT2D eigenvalue weighted by Gasteiger charge is -2.13. The maximum Gasteiger partial charge on any atom is 0.282 e. The highest BCUT2D eigenvalue weighted by Crippen LogP contribution is 2.26. The molecular formula is C18H13ClN4O2. The Bertz CT molecular complexity index is 1040. The number of aliphatic imine (C=N–C) groups is 1. The van der Waals surface area contributed by atoms with Crippen molar-refractivity contribution in [2.24, 2.45) is 4.99 Å². The summed E-state index contributed by atoms with van der Waals surface area (Å²) in [6.07, 6.45) is 0. The molecule has 2 aromatic carbocycles. The molecule has 1 N–H and O–H groups in total. The third-order valence-electron chi connectivity index (χ3n) is 4.02. The van der Waals surface area contributed by atoms with Crippen molar-refractivity contribution in [1.82, 2.24) is 14.8 Å². The van der Waals surface area contributed by atoms with Crippen LogP contribution in [0.3, 0.4) is 0 Å². The molecule has 0 amide bonds. The van der Waals surface area contributed by atoms with Gasteiger partial charge in [0.15, 0.2) is 11.5 Å². The standard InChI is InChI=1S/C18H13ClN4O2/c19-12-6-7-15-13(8-12)17(11-4-2-1-3-5-11)20-9-16-22-21-14(10-24)18(25)23(15)16/h1-8,24H,9-10H2. The van der Waals surface area contributed by atoms with Crippen molar-refractivity contribution in [2.75, 3.05) is 0 Å². The largest absolute Gasteiger partial charge is 0.390 e. The molecule has 6 nitrogen and oxygen atoms in total. The van der Waals surface area contributed by atoms with E-state index >= 15 is 0 Å². The van der Waals surface area contributed by atoms with Crippen LogP contribution in [0.2, 0.25) is 5.02 Å². The number of fused-ring (bicyclic) bond motifs is 3. The Morgan fingerprint density at radius 3 is 2.68 bits per heavy atom. The fourth-order valence-electron chi connectivity index (χ4n) is 2.87. The van der Waals surface area contributed by atoms with Crippen molar-refractivity contribution in [3.63, 3.8) is 0 Å². The molecule has 0 bridgehead atoms. The lowest BCUT2D eigenvalue weighted by molar-refractivity contribution is 0.272. The monoisotopic (exact) mass is 352 g/mol. The van der Waals surface area contributed by atoms with Crippen molar-refractivity contribution in [3.8, 4) is 5.69 Å². The Kier molecular flexibility index (Phi) is 3.91. The maximum atomic E-state index is 12.7. The van der Waals surface area contributed by atoms with Gasteiger partial charge in [0.25, 0.3) is 5.56 Å². The predicted molar refractivity (Wildman–Crippen MR) is 94.3 cm³/mol. The second kappa shape index (κ2) is 6.23. The van der Waals surface area contributed by atoms with Gasteiger partial charge in [-0.25, -0.2) is 0 Å². The Labute approximate surface area is 148 Å². The highest BCUT2D eigenvalue weighted by atomic mass is 35.5. The van der Waals surface area contributed by atoms with Gasteiger partial charge in [-0.3, -0.25) is 14.4 Å². The normalized spacial score (nSPS) is 12.8. The van der Waals surface area contributed by atoms with Crippen LogP contribution in [0.4, 0.5) is 0 Å². The van der Waals surface area contributed by atoms with Crippen LogP contribution >= 0.6 is 11.6 Å². The SMILES string of the molecule is O=c1c(CO)nnc2n1-c1ccc(Cl)cc1C(c1ccccc1)=NC2. The minimum absolute atomic E-state index is 0.00666. The lowest BCUT2D eigenvalue weighted by atomic mass is 10.0. The number of rotatable bonds is 2. The molecule has 0 atom stereocenters. The van der Waals surface area contributed by atoms with Crippen LogP contribution in [0.25, 0.3) is 5.69 Å². The highest BCUT2D eigenvalue weighted by Gasteiger charge is 2.22. The molecule has 0 saturated carbocycles. The molecule has 1 aliphatic rings. The van der Waals surface area contributed by atoms with Crippen molar-refractivity contribution in [3.05, 3.63) is 86.6 Å². The molecule has 4 rings (SSSR count). The molecule has 0 aliphatic carbocycles. The molecule has 0 spiro atoms. The van der Waals surface area contributed by atoms with E-state index in [-0.39, 0.29) is 12.2 Å². The van der Waals surface area contributed by atoms with E-state index < -0.39 is 12.2 Å². The van der Waals surface area contributed by atoms with Gasteiger partial charge in [-0.2, -0.15) is 0 Å². The van der Waals surface area contributed by atoms with Crippen molar-refractivity contribution < 1.29 is 5.11 Å². The Balaban J connectivity index is 2.04. The summed E-state index contributed by atoms with van der Waals surface area (Å²) in [4.78, 5) is 17.4. The molecule has 124 valence electrons. The zero-order valence-corrected chi connectivity index (χ0v) is 13.8. The van der Waals surface area contributed by atoms with E-state index in [1.54, 1.807) is 18.2 Å². The second-order valence-corrected chi connectivity index (χ2v) is 5.99. The van der Waals surface area contributed by atoms with Crippen LogP contribution in [-0.4, -0.2) is 25.6 Å². The van der Waals surface area contributed by atoms with Gasteiger partial charge in [0.1, 0.15) is 6.54 Å². The summed E-state index contributed by atoms with van der Waals surface area (Å²) in [6, 6.07) is 14.9. The molecule has 0 radical (unpaired) electrons. The lowest BCUT2D eigenvalue weighted by Crippen LogP contribution is -2.28. The van der Waals surface area contributed by atoms with Gasteiger partial charge in [-0.1, -0.05) is 41.9 Å². The number of hydrogen-bond acceptors (Lipinski definition) is 5. The third-order valence-corrected chi connectivity index (χ3v) is 4.26. The van der Waals surface area contributed by atoms with Gasteiger partial charge in [0.05, 0.1) is 18.0 Å². The summed E-state index contributed by atoms with van der Waals surface area (Å²) in [7, 11) is 0. The number of nitrogens with zero attached hydrogens (tertiary/aromatic N) is 4. The molecule has 1 aliphatic heterocycles. The van der Waals surface area contributed by atoms with Crippen LogP contribution in [0, 0.1) is 0 Å². The molecule has 0 saturated heterocycles. The maximum absolute atomic E-state index is 12.7. The second-order valence-electron chi connectivity index (χ2n) is 5.55. The van der Waals surface area contributed by atoms with E-state index in [2.05, 4.69) is 15.2 Å². The smallest absolute Gasteiger partial charge is 0.282 e. The summed E-state index contributed by atoms with van der Waals surface area (Å²) >= 11 is 6.20. The first-order valence-corrected chi connectivity index (χ1v) is 8.05. The summed E-state index contributed by atoms with van der Waals surface area (Å²) < 4.78 is 1.45. The van der Waals surface area contributed by atoms with Crippen molar-refractivity contribution >= 4 is 17.3 Å². The number of aromatic nitrogens is 3. The van der Waals surface area contributed by atoms with Gasteiger partial charge in [0, 0.05) is 16.1 Å². The van der Waals surface area contributed by atoms with Crippen LogP contribution < -0.4 is 5.56 Å². The minimum Gasteiger partial charge on any atom is -0.390 e. The predicted octanol–water partition coefficient (Wildman–Crippen LogP) is 2.12. The number of halogens is 1. The van der Waals surface area contributed by atoms with Gasteiger partial charge in [0.2, 0.25) is 0 Å². The van der Waals surface area contributed by atoms with Gasteiger partial charge >= 0.3 is 0 Å². The summed E-state index contributed by atoms with van der Waals surface area (Å²) in [6.45, 7) is -0.272. The average Bonchev–Trinajstić information content (AvgIpc) is 2.80. The zero-order chi connectivity index (χ0) is 17.4. The first kappa shape index (κ1) is 15.7. The fourth-order valence-corrected chi connectivity index (χ4v) is 3.04.